The van der Waals surface area contributed by atoms with E-state index in [0.717, 1.165) is 6.61 Å². The van der Waals surface area contributed by atoms with Crippen molar-refractivity contribution in [3.63, 3.8) is 0 Å². The van der Waals surface area contributed by atoms with Crippen molar-refractivity contribution in [3.05, 3.63) is 0 Å². The van der Waals surface area contributed by atoms with Gasteiger partial charge >= 0.3 is 0 Å². The zero-order valence-electron chi connectivity index (χ0n) is 12.4. The smallest absolute Gasteiger partial charge is 0.113 e. The minimum atomic E-state index is -0.137. The van der Waals surface area contributed by atoms with Gasteiger partial charge in [-0.3, -0.25) is 0 Å². The molecule has 4 atom stereocenters. The Morgan fingerprint density at radius 2 is 1.56 bits per heavy atom. The number of hydrogen-bond acceptors (Lipinski definition) is 4. The molecule has 0 aromatic rings. The zero-order valence-corrected chi connectivity index (χ0v) is 13.2. The van der Waals surface area contributed by atoms with Crippen LogP contribution >= 0.6 is 11.8 Å². The van der Waals surface area contributed by atoms with E-state index in [4.69, 9.17) is 14.2 Å². The molecule has 4 heteroatoms. The first-order chi connectivity index (χ1) is 8.16. The quantitative estimate of drug-likeness (QED) is 0.774. The van der Waals surface area contributed by atoms with Gasteiger partial charge in [0.15, 0.2) is 0 Å². The van der Waals surface area contributed by atoms with Crippen molar-refractivity contribution >= 4 is 11.8 Å². The minimum absolute atomic E-state index is 0.0839. The zero-order chi connectivity index (χ0) is 13.6. The molecule has 0 amide bonds. The summed E-state index contributed by atoms with van der Waals surface area (Å²) in [5.74, 6) is 0. The summed E-state index contributed by atoms with van der Waals surface area (Å²) in [7, 11) is 0. The van der Waals surface area contributed by atoms with Gasteiger partial charge in [0.2, 0.25) is 0 Å². The number of fused-ring (bicyclic) bond motifs is 1. The predicted octanol–water partition coefficient (Wildman–Crippen LogP) is 2.87. The summed E-state index contributed by atoms with van der Waals surface area (Å²) in [4.78, 5) is 0. The molecule has 106 valence electrons. The molecule has 2 saturated heterocycles. The maximum absolute atomic E-state index is 6.03. The van der Waals surface area contributed by atoms with Gasteiger partial charge in [-0.2, -0.15) is 0 Å². The SMILES string of the molecule is CC(C)(C)OC1CO[C@@H]2C(SC(C)(C)C)CO[C@H]12. The van der Waals surface area contributed by atoms with Gasteiger partial charge in [0, 0.05) is 4.75 Å². The normalized spacial score (nSPS) is 37.0. The van der Waals surface area contributed by atoms with Crippen molar-refractivity contribution < 1.29 is 14.2 Å². The van der Waals surface area contributed by atoms with Crippen molar-refractivity contribution in [1.82, 2.24) is 0 Å². The number of ether oxygens (including phenoxy) is 3. The maximum atomic E-state index is 6.03. The summed E-state index contributed by atoms with van der Waals surface area (Å²) in [5.41, 5.74) is -0.137. The Bertz CT molecular complexity index is 262. The first-order valence-electron chi connectivity index (χ1n) is 6.74. The monoisotopic (exact) mass is 274 g/mol. The van der Waals surface area contributed by atoms with Crippen LogP contribution in [0, 0.1) is 0 Å². The fourth-order valence-corrected chi connectivity index (χ4v) is 3.96. The third kappa shape index (κ3) is 3.62. The minimum Gasteiger partial charge on any atom is -0.371 e. The lowest BCUT2D eigenvalue weighted by atomic mass is 10.1. The van der Waals surface area contributed by atoms with E-state index in [1.807, 2.05) is 11.8 Å². The van der Waals surface area contributed by atoms with Gasteiger partial charge in [-0.1, -0.05) is 20.8 Å². The molecule has 2 aliphatic rings. The lowest BCUT2D eigenvalue weighted by Gasteiger charge is -2.27. The van der Waals surface area contributed by atoms with Crippen LogP contribution in [0.2, 0.25) is 0 Å². The average Bonchev–Trinajstić information content (AvgIpc) is 2.66. The van der Waals surface area contributed by atoms with Gasteiger partial charge in [-0.05, 0) is 20.8 Å². The second kappa shape index (κ2) is 4.97. The molecular formula is C14H26O3S. The topological polar surface area (TPSA) is 27.7 Å². The predicted molar refractivity (Wildman–Crippen MR) is 75.2 cm³/mol. The van der Waals surface area contributed by atoms with E-state index in [0.29, 0.717) is 11.9 Å². The molecule has 0 bridgehead atoms. The van der Waals surface area contributed by atoms with Crippen LogP contribution in [-0.2, 0) is 14.2 Å². The van der Waals surface area contributed by atoms with Crippen LogP contribution in [0.5, 0.6) is 0 Å². The molecule has 2 rings (SSSR count). The van der Waals surface area contributed by atoms with Crippen LogP contribution in [-0.4, -0.2) is 47.1 Å². The molecule has 0 N–H and O–H groups in total. The van der Waals surface area contributed by atoms with Crippen LogP contribution < -0.4 is 0 Å². The molecule has 2 aliphatic heterocycles. The van der Waals surface area contributed by atoms with Gasteiger partial charge in [0.25, 0.3) is 0 Å². The van der Waals surface area contributed by atoms with Gasteiger partial charge in [0.05, 0.1) is 24.1 Å². The third-order valence-corrected chi connectivity index (χ3v) is 4.39. The molecule has 2 fully saturated rings. The van der Waals surface area contributed by atoms with Gasteiger partial charge in [-0.15, -0.1) is 11.8 Å². The van der Waals surface area contributed by atoms with Crippen molar-refractivity contribution in [3.8, 4) is 0 Å². The lowest BCUT2D eigenvalue weighted by Crippen LogP contribution is -2.37. The maximum Gasteiger partial charge on any atom is 0.113 e. The number of thioether (sulfide) groups is 1. The molecule has 2 unspecified atom stereocenters. The fourth-order valence-electron chi connectivity index (χ4n) is 2.54. The first-order valence-corrected chi connectivity index (χ1v) is 7.62. The Hall–Kier alpha value is 0.230. The van der Waals surface area contributed by atoms with Gasteiger partial charge in [-0.25, -0.2) is 0 Å². The molecule has 0 saturated carbocycles. The molecule has 0 radical (unpaired) electrons. The highest BCUT2D eigenvalue weighted by Crippen LogP contribution is 2.40. The largest absolute Gasteiger partial charge is 0.371 e. The second-order valence-corrected chi connectivity index (χ2v) is 9.20. The summed E-state index contributed by atoms with van der Waals surface area (Å²) < 4.78 is 18.1. The van der Waals surface area contributed by atoms with E-state index in [1.54, 1.807) is 0 Å². The van der Waals surface area contributed by atoms with Gasteiger partial charge < -0.3 is 14.2 Å². The highest BCUT2D eigenvalue weighted by molar-refractivity contribution is 8.01. The van der Waals surface area contributed by atoms with Crippen LogP contribution in [0.1, 0.15) is 41.5 Å². The second-order valence-electron chi connectivity index (χ2n) is 7.13. The summed E-state index contributed by atoms with van der Waals surface area (Å²) in [5, 5.41) is 0.434. The van der Waals surface area contributed by atoms with E-state index < -0.39 is 0 Å². The van der Waals surface area contributed by atoms with E-state index >= 15 is 0 Å². The van der Waals surface area contributed by atoms with Crippen molar-refractivity contribution in [1.29, 1.82) is 0 Å². The first kappa shape index (κ1) is 14.6. The summed E-state index contributed by atoms with van der Waals surface area (Å²) in [6.07, 6.45) is 0.395. The van der Waals surface area contributed by atoms with Gasteiger partial charge in [0.1, 0.15) is 18.3 Å². The molecule has 2 heterocycles. The number of rotatable bonds is 2. The van der Waals surface area contributed by atoms with Crippen LogP contribution in [0.15, 0.2) is 0 Å². The third-order valence-electron chi connectivity index (χ3n) is 2.97. The Morgan fingerprint density at radius 3 is 2.11 bits per heavy atom. The molecular weight excluding hydrogens is 248 g/mol. The molecule has 0 aliphatic carbocycles. The Kier molecular flexibility index (Phi) is 4.04. The van der Waals surface area contributed by atoms with E-state index in [1.165, 1.54) is 0 Å². The molecule has 3 nitrogen and oxygen atoms in total. The summed E-state index contributed by atoms with van der Waals surface area (Å²) in [6, 6.07) is 0. The van der Waals surface area contributed by atoms with Crippen molar-refractivity contribution in [2.45, 2.75) is 75.5 Å². The Labute approximate surface area is 115 Å². The van der Waals surface area contributed by atoms with Crippen LogP contribution in [0.4, 0.5) is 0 Å². The summed E-state index contributed by atoms with van der Waals surface area (Å²) >= 11 is 1.96. The van der Waals surface area contributed by atoms with Crippen LogP contribution in [0.3, 0.4) is 0 Å². The lowest BCUT2D eigenvalue weighted by molar-refractivity contribution is -0.102. The van der Waals surface area contributed by atoms with E-state index in [2.05, 4.69) is 41.5 Å². The Morgan fingerprint density at radius 1 is 0.944 bits per heavy atom. The summed E-state index contributed by atoms with van der Waals surface area (Å²) in [6.45, 7) is 14.4. The fraction of sp³-hybridized carbons (Fsp3) is 1.00. The molecule has 0 aromatic heterocycles. The van der Waals surface area contributed by atoms with Crippen LogP contribution in [0.25, 0.3) is 0 Å². The molecule has 18 heavy (non-hydrogen) atoms. The van der Waals surface area contributed by atoms with Crippen molar-refractivity contribution in [2.24, 2.45) is 0 Å². The average molecular weight is 274 g/mol. The highest BCUT2D eigenvalue weighted by Gasteiger charge is 2.50. The van der Waals surface area contributed by atoms with E-state index in [9.17, 15) is 0 Å². The standard InChI is InChI=1S/C14H26O3S/c1-13(2,3)17-9-7-15-12-10(8-16-11(9)12)18-14(4,5)6/h9-12H,7-8H2,1-6H3/t9?,10?,11-,12-/m1/s1. The Balaban J connectivity index is 1.95. The molecule has 0 spiro atoms. The van der Waals surface area contributed by atoms with Crippen molar-refractivity contribution in [2.75, 3.05) is 13.2 Å². The number of hydrogen-bond donors (Lipinski definition) is 0. The van der Waals surface area contributed by atoms with E-state index in [-0.39, 0.29) is 28.7 Å². The highest BCUT2D eigenvalue weighted by atomic mass is 32.2. The molecule has 0 aromatic carbocycles.